The second kappa shape index (κ2) is 8.28. The maximum atomic E-state index is 8.75. The first kappa shape index (κ1) is 18.6. The predicted molar refractivity (Wildman–Crippen MR) is 95.8 cm³/mol. The van der Waals surface area contributed by atoms with Crippen molar-refractivity contribution in [2.75, 3.05) is 13.2 Å². The highest BCUT2D eigenvalue weighted by Crippen LogP contribution is 2.29. The van der Waals surface area contributed by atoms with Gasteiger partial charge in [-0.05, 0) is 12.1 Å². The van der Waals surface area contributed by atoms with E-state index in [0.29, 0.717) is 28.0 Å². The van der Waals surface area contributed by atoms with Gasteiger partial charge in [-0.3, -0.25) is 0 Å². The van der Waals surface area contributed by atoms with Crippen molar-refractivity contribution in [2.24, 2.45) is 11.1 Å². The molecule has 0 heterocycles. The van der Waals surface area contributed by atoms with E-state index in [-0.39, 0.29) is 12.0 Å². The van der Waals surface area contributed by atoms with Gasteiger partial charge in [-0.15, -0.1) is 0 Å². The average molecular weight is 341 g/mol. The second-order valence-electron chi connectivity index (χ2n) is 5.65. The lowest BCUT2D eigenvalue weighted by molar-refractivity contribution is 0.342. The van der Waals surface area contributed by atoms with Crippen molar-refractivity contribution >= 4 is 28.9 Å². The molecule has 0 fully saturated rings. The molecular formula is C17H22Cl2N2O. The predicted octanol–water partition coefficient (Wildman–Crippen LogP) is 3.97. The lowest BCUT2D eigenvalue weighted by atomic mass is 9.91. The van der Waals surface area contributed by atoms with Gasteiger partial charge in [-0.2, -0.15) is 0 Å². The Labute approximate surface area is 142 Å². The number of aliphatic hydroxyl groups is 1. The number of benzene rings is 1. The quantitative estimate of drug-likeness (QED) is 0.658. The fraction of sp³-hybridized carbons (Fsp3) is 0.294. The van der Waals surface area contributed by atoms with Crippen LogP contribution in [-0.4, -0.2) is 18.3 Å². The van der Waals surface area contributed by atoms with Crippen LogP contribution < -0.4 is 11.1 Å². The van der Waals surface area contributed by atoms with Crippen LogP contribution in [0.4, 0.5) is 0 Å². The third kappa shape index (κ3) is 5.76. The van der Waals surface area contributed by atoms with Crippen LogP contribution in [0.5, 0.6) is 0 Å². The maximum absolute atomic E-state index is 8.75. The van der Waals surface area contributed by atoms with Crippen LogP contribution in [0, 0.1) is 5.41 Å². The van der Waals surface area contributed by atoms with Gasteiger partial charge in [-0.25, -0.2) is 0 Å². The van der Waals surface area contributed by atoms with Crippen LogP contribution in [0.25, 0.3) is 5.70 Å². The molecule has 0 unspecified atom stereocenters. The molecule has 120 valence electrons. The Morgan fingerprint density at radius 1 is 1.41 bits per heavy atom. The number of hydrogen-bond donors (Lipinski definition) is 3. The topological polar surface area (TPSA) is 58.3 Å². The molecule has 0 atom stereocenters. The number of halogens is 2. The molecule has 0 aromatic heterocycles. The Morgan fingerprint density at radius 2 is 2.09 bits per heavy atom. The molecule has 22 heavy (non-hydrogen) atoms. The van der Waals surface area contributed by atoms with E-state index >= 15 is 0 Å². The molecule has 1 aromatic carbocycles. The Balaban J connectivity index is 2.74. The molecule has 3 nitrogen and oxygen atoms in total. The first-order valence-corrected chi connectivity index (χ1v) is 7.65. The first-order valence-electron chi connectivity index (χ1n) is 6.90. The molecule has 0 saturated heterocycles. The molecule has 0 aliphatic carbocycles. The number of hydrogen-bond acceptors (Lipinski definition) is 3. The summed E-state index contributed by atoms with van der Waals surface area (Å²) in [5.74, 6) is 0. The molecule has 1 aromatic rings. The average Bonchev–Trinajstić information content (AvgIpc) is 2.45. The van der Waals surface area contributed by atoms with Crippen LogP contribution in [0.1, 0.15) is 19.4 Å². The van der Waals surface area contributed by atoms with E-state index in [4.69, 9.17) is 34.0 Å². The summed E-state index contributed by atoms with van der Waals surface area (Å²) >= 11 is 12.2. The van der Waals surface area contributed by atoms with Crippen LogP contribution >= 0.6 is 23.2 Å². The molecular weight excluding hydrogens is 319 g/mol. The summed E-state index contributed by atoms with van der Waals surface area (Å²) in [4.78, 5) is 0. The Morgan fingerprint density at radius 3 is 2.73 bits per heavy atom. The van der Waals surface area contributed by atoms with E-state index in [1.165, 1.54) is 0 Å². The fourth-order valence-electron chi connectivity index (χ4n) is 1.91. The summed E-state index contributed by atoms with van der Waals surface area (Å²) in [5.41, 5.74) is 7.78. The molecule has 0 spiro atoms. The molecule has 4 N–H and O–H groups in total. The molecule has 0 saturated carbocycles. The van der Waals surface area contributed by atoms with Gasteiger partial charge in [0.25, 0.3) is 0 Å². The van der Waals surface area contributed by atoms with E-state index in [1.54, 1.807) is 18.2 Å². The monoisotopic (exact) mass is 340 g/mol. The largest absolute Gasteiger partial charge is 0.399 e. The molecule has 0 aliphatic heterocycles. The Hall–Kier alpha value is -1.42. The SMILES string of the molecule is C=C(NCC(C)(C)/C=C(N)\C=C/CO)c1cccc(Cl)c1Cl. The number of allylic oxidation sites excluding steroid dienone is 1. The molecule has 0 radical (unpaired) electrons. The van der Waals surface area contributed by atoms with Gasteiger partial charge in [0.15, 0.2) is 0 Å². The highest BCUT2D eigenvalue weighted by Gasteiger charge is 2.16. The van der Waals surface area contributed by atoms with Crippen molar-refractivity contribution in [1.82, 2.24) is 5.32 Å². The minimum atomic E-state index is -0.197. The number of nitrogens with one attached hydrogen (secondary N) is 1. The van der Waals surface area contributed by atoms with Gasteiger partial charge in [-0.1, -0.05) is 67.9 Å². The summed E-state index contributed by atoms with van der Waals surface area (Å²) in [6.45, 7) is 8.70. The standard InChI is InChI=1S/C17H22Cl2N2O/c1-12(14-7-4-8-15(18)16(14)19)21-11-17(2,3)10-13(20)6-5-9-22/h4-8,10,21-22H,1,9,11,20H2,2-3H3/b6-5-,13-10+. The Kier molecular flexibility index (Phi) is 7.01. The number of aliphatic hydroxyl groups excluding tert-OH is 1. The Bertz CT molecular complexity index is 592. The van der Waals surface area contributed by atoms with Crippen molar-refractivity contribution < 1.29 is 5.11 Å². The molecule has 0 bridgehead atoms. The number of rotatable bonds is 7. The van der Waals surface area contributed by atoms with Crippen molar-refractivity contribution in [3.8, 4) is 0 Å². The van der Waals surface area contributed by atoms with Crippen molar-refractivity contribution in [3.63, 3.8) is 0 Å². The van der Waals surface area contributed by atoms with Gasteiger partial charge in [0.05, 0.1) is 16.7 Å². The van der Waals surface area contributed by atoms with Crippen molar-refractivity contribution in [3.05, 3.63) is 64.3 Å². The summed E-state index contributed by atoms with van der Waals surface area (Å²) in [6, 6.07) is 5.44. The van der Waals surface area contributed by atoms with E-state index in [0.717, 1.165) is 5.56 Å². The zero-order valence-corrected chi connectivity index (χ0v) is 14.4. The van der Waals surface area contributed by atoms with E-state index in [9.17, 15) is 0 Å². The zero-order chi connectivity index (χ0) is 16.8. The van der Waals surface area contributed by atoms with Crippen LogP contribution in [-0.2, 0) is 0 Å². The van der Waals surface area contributed by atoms with Crippen molar-refractivity contribution in [2.45, 2.75) is 13.8 Å². The third-order valence-corrected chi connectivity index (χ3v) is 3.83. The highest BCUT2D eigenvalue weighted by molar-refractivity contribution is 6.43. The van der Waals surface area contributed by atoms with Crippen molar-refractivity contribution in [1.29, 1.82) is 0 Å². The summed E-state index contributed by atoms with van der Waals surface area (Å²) in [7, 11) is 0. The summed E-state index contributed by atoms with van der Waals surface area (Å²) < 4.78 is 0. The van der Waals surface area contributed by atoms with Crippen LogP contribution in [0.15, 0.2) is 48.7 Å². The van der Waals surface area contributed by atoms with E-state index in [2.05, 4.69) is 11.9 Å². The molecule has 0 aliphatic rings. The van der Waals surface area contributed by atoms with E-state index in [1.807, 2.05) is 32.1 Å². The normalized spacial score (nSPS) is 12.7. The van der Waals surface area contributed by atoms with Gasteiger partial charge >= 0.3 is 0 Å². The molecule has 5 heteroatoms. The number of nitrogens with two attached hydrogens (primary N) is 1. The smallest absolute Gasteiger partial charge is 0.0685 e. The molecule has 1 rings (SSSR count). The second-order valence-corrected chi connectivity index (χ2v) is 6.44. The van der Waals surface area contributed by atoms with Crippen LogP contribution in [0.3, 0.4) is 0 Å². The summed E-state index contributed by atoms with van der Waals surface area (Å²) in [6.07, 6.45) is 5.21. The lowest BCUT2D eigenvalue weighted by Gasteiger charge is -2.23. The third-order valence-electron chi connectivity index (χ3n) is 3.01. The lowest BCUT2D eigenvalue weighted by Crippen LogP contribution is -2.27. The highest BCUT2D eigenvalue weighted by atomic mass is 35.5. The van der Waals surface area contributed by atoms with Gasteiger partial charge in [0.2, 0.25) is 0 Å². The minimum absolute atomic E-state index is 0.0305. The van der Waals surface area contributed by atoms with E-state index < -0.39 is 0 Å². The fourth-order valence-corrected chi connectivity index (χ4v) is 2.32. The minimum Gasteiger partial charge on any atom is -0.399 e. The molecule has 0 amide bonds. The van der Waals surface area contributed by atoms with Gasteiger partial charge in [0, 0.05) is 28.9 Å². The van der Waals surface area contributed by atoms with Gasteiger partial charge in [0.1, 0.15) is 0 Å². The van der Waals surface area contributed by atoms with Crippen LogP contribution in [0.2, 0.25) is 10.0 Å². The maximum Gasteiger partial charge on any atom is 0.0685 e. The zero-order valence-electron chi connectivity index (χ0n) is 12.9. The first-order chi connectivity index (χ1) is 10.3. The summed E-state index contributed by atoms with van der Waals surface area (Å²) in [5, 5.41) is 13.0. The van der Waals surface area contributed by atoms with Gasteiger partial charge < -0.3 is 16.2 Å².